The van der Waals surface area contributed by atoms with E-state index in [0.717, 1.165) is 19.3 Å². The first-order valence-electron chi connectivity index (χ1n) is 6.76. The van der Waals surface area contributed by atoms with E-state index in [1.807, 2.05) is 18.2 Å². The van der Waals surface area contributed by atoms with Crippen molar-refractivity contribution in [1.29, 1.82) is 0 Å². The van der Waals surface area contributed by atoms with Gasteiger partial charge in [0.15, 0.2) is 0 Å². The lowest BCUT2D eigenvalue weighted by Gasteiger charge is -2.16. The molecule has 1 aromatic heterocycles. The number of nitrogens with zero attached hydrogens (tertiary/aromatic N) is 2. The summed E-state index contributed by atoms with van der Waals surface area (Å²) in [6.45, 7) is 0.712. The highest BCUT2D eigenvalue weighted by Gasteiger charge is 2.15. The topological polar surface area (TPSA) is 75.0 Å². The maximum Gasteiger partial charge on any atom is 0.273 e. The Labute approximate surface area is 118 Å². The maximum atomic E-state index is 12.1. The quantitative estimate of drug-likeness (QED) is 0.791. The Balaban J connectivity index is 1.74. The van der Waals surface area contributed by atoms with Gasteiger partial charge < -0.3 is 10.6 Å². The molecule has 0 saturated carbocycles. The SMILES string of the molecule is CN(CCCCc1ccccc1)C(=O)c1[nH]ncc1N. The number of hydrogen-bond acceptors (Lipinski definition) is 3. The molecule has 0 fully saturated rings. The number of amides is 1. The zero-order chi connectivity index (χ0) is 14.4. The van der Waals surface area contributed by atoms with Gasteiger partial charge in [0, 0.05) is 13.6 Å². The minimum atomic E-state index is -0.111. The summed E-state index contributed by atoms with van der Waals surface area (Å²) in [7, 11) is 1.78. The van der Waals surface area contributed by atoms with Gasteiger partial charge >= 0.3 is 0 Å². The fourth-order valence-corrected chi connectivity index (χ4v) is 2.08. The number of H-pyrrole nitrogens is 1. The normalized spacial score (nSPS) is 10.4. The van der Waals surface area contributed by atoms with E-state index < -0.39 is 0 Å². The Morgan fingerprint density at radius 1 is 1.30 bits per heavy atom. The second kappa shape index (κ2) is 6.75. The molecule has 1 amide bonds. The predicted octanol–water partition coefficient (Wildman–Crippen LogP) is 2.09. The average molecular weight is 272 g/mol. The Morgan fingerprint density at radius 2 is 2.05 bits per heavy atom. The van der Waals surface area contributed by atoms with E-state index in [2.05, 4.69) is 22.3 Å². The number of nitrogens with two attached hydrogens (primary N) is 1. The molecule has 0 unspecified atom stereocenters. The van der Waals surface area contributed by atoms with Crippen LogP contribution in [0.25, 0.3) is 0 Å². The van der Waals surface area contributed by atoms with E-state index in [1.54, 1.807) is 11.9 Å². The number of carbonyl (C=O) groups excluding carboxylic acids is 1. The van der Waals surface area contributed by atoms with Gasteiger partial charge in [-0.25, -0.2) is 0 Å². The van der Waals surface area contributed by atoms with Crippen LogP contribution in [0.15, 0.2) is 36.5 Å². The molecular formula is C15H20N4O. The molecule has 5 heteroatoms. The van der Waals surface area contributed by atoms with Gasteiger partial charge in [0.25, 0.3) is 5.91 Å². The van der Waals surface area contributed by atoms with Crippen molar-refractivity contribution < 1.29 is 4.79 Å². The Morgan fingerprint density at radius 3 is 2.70 bits per heavy atom. The molecule has 2 rings (SSSR count). The number of rotatable bonds is 6. The summed E-state index contributed by atoms with van der Waals surface area (Å²) < 4.78 is 0. The molecule has 106 valence electrons. The molecule has 0 aliphatic carbocycles. The van der Waals surface area contributed by atoms with Crippen LogP contribution in [0.5, 0.6) is 0 Å². The molecule has 0 aliphatic heterocycles. The van der Waals surface area contributed by atoms with Crippen LogP contribution in [0.4, 0.5) is 5.69 Å². The number of aromatic nitrogens is 2. The molecule has 0 aliphatic rings. The van der Waals surface area contributed by atoms with Crippen LogP contribution in [0, 0.1) is 0 Å². The number of unbranched alkanes of at least 4 members (excludes halogenated alkanes) is 1. The third kappa shape index (κ3) is 3.60. The molecule has 20 heavy (non-hydrogen) atoms. The van der Waals surface area contributed by atoms with Crippen LogP contribution < -0.4 is 5.73 Å². The first-order chi connectivity index (χ1) is 9.68. The summed E-state index contributed by atoms with van der Waals surface area (Å²) in [4.78, 5) is 13.7. The highest BCUT2D eigenvalue weighted by molar-refractivity contribution is 5.96. The first kappa shape index (κ1) is 14.1. The van der Waals surface area contributed by atoms with Crippen molar-refractivity contribution in [1.82, 2.24) is 15.1 Å². The number of hydrogen-bond donors (Lipinski definition) is 2. The van der Waals surface area contributed by atoms with Gasteiger partial charge in [0.2, 0.25) is 0 Å². The summed E-state index contributed by atoms with van der Waals surface area (Å²) >= 11 is 0. The summed E-state index contributed by atoms with van der Waals surface area (Å²) in [5.41, 5.74) is 7.77. The number of nitrogens with one attached hydrogen (secondary N) is 1. The fraction of sp³-hybridized carbons (Fsp3) is 0.333. The van der Waals surface area contributed by atoms with Gasteiger partial charge in [-0.3, -0.25) is 9.89 Å². The molecule has 5 nitrogen and oxygen atoms in total. The van der Waals surface area contributed by atoms with Gasteiger partial charge in [-0.2, -0.15) is 5.10 Å². The lowest BCUT2D eigenvalue weighted by Crippen LogP contribution is -2.28. The number of benzene rings is 1. The summed E-state index contributed by atoms with van der Waals surface area (Å²) in [6.07, 6.45) is 4.51. The van der Waals surface area contributed by atoms with E-state index in [1.165, 1.54) is 11.8 Å². The Hall–Kier alpha value is -2.30. The van der Waals surface area contributed by atoms with Crippen molar-refractivity contribution >= 4 is 11.6 Å². The van der Waals surface area contributed by atoms with Gasteiger partial charge in [-0.05, 0) is 24.8 Å². The molecule has 0 spiro atoms. The molecule has 0 atom stereocenters. The Kier molecular flexibility index (Phi) is 4.76. The van der Waals surface area contributed by atoms with Crippen molar-refractivity contribution in [3.63, 3.8) is 0 Å². The molecule has 3 N–H and O–H groups in total. The Bertz CT molecular complexity index is 550. The molecular weight excluding hydrogens is 252 g/mol. The summed E-state index contributed by atoms with van der Waals surface area (Å²) in [6, 6.07) is 10.4. The zero-order valence-corrected chi connectivity index (χ0v) is 11.7. The lowest BCUT2D eigenvalue weighted by molar-refractivity contribution is 0.0788. The monoisotopic (exact) mass is 272 g/mol. The van der Waals surface area contributed by atoms with Crippen LogP contribution >= 0.6 is 0 Å². The van der Waals surface area contributed by atoms with Crippen molar-refractivity contribution in [3.05, 3.63) is 47.8 Å². The standard InChI is InChI=1S/C15H20N4O/c1-19(15(20)14-13(16)11-17-18-14)10-6-5-9-12-7-3-2-4-8-12/h2-4,7-8,11H,5-6,9-10,16H2,1H3,(H,17,18). The van der Waals surface area contributed by atoms with Crippen LogP contribution in [-0.4, -0.2) is 34.6 Å². The lowest BCUT2D eigenvalue weighted by atomic mass is 10.1. The molecule has 0 bridgehead atoms. The van der Waals surface area contributed by atoms with Crippen molar-refractivity contribution in [3.8, 4) is 0 Å². The average Bonchev–Trinajstić information content (AvgIpc) is 2.90. The number of carbonyl (C=O) groups is 1. The second-order valence-corrected chi connectivity index (χ2v) is 4.87. The predicted molar refractivity (Wildman–Crippen MR) is 79.3 cm³/mol. The maximum absolute atomic E-state index is 12.1. The van der Waals surface area contributed by atoms with Gasteiger partial charge in [-0.15, -0.1) is 0 Å². The van der Waals surface area contributed by atoms with Crippen LogP contribution in [0.3, 0.4) is 0 Å². The third-order valence-corrected chi connectivity index (χ3v) is 3.28. The smallest absolute Gasteiger partial charge is 0.273 e. The molecule has 1 heterocycles. The molecule has 1 aromatic carbocycles. The molecule has 0 saturated heterocycles. The van der Waals surface area contributed by atoms with E-state index in [4.69, 9.17) is 5.73 Å². The minimum absolute atomic E-state index is 0.111. The van der Waals surface area contributed by atoms with E-state index in [-0.39, 0.29) is 5.91 Å². The van der Waals surface area contributed by atoms with E-state index in [9.17, 15) is 4.79 Å². The first-order valence-corrected chi connectivity index (χ1v) is 6.76. The zero-order valence-electron chi connectivity index (χ0n) is 11.7. The number of nitrogen functional groups attached to an aromatic ring is 1. The highest BCUT2D eigenvalue weighted by Crippen LogP contribution is 2.10. The number of aryl methyl sites for hydroxylation is 1. The van der Waals surface area contributed by atoms with Crippen molar-refractivity contribution in [2.24, 2.45) is 0 Å². The highest BCUT2D eigenvalue weighted by atomic mass is 16.2. The van der Waals surface area contributed by atoms with Gasteiger partial charge in [-0.1, -0.05) is 30.3 Å². The fourth-order valence-electron chi connectivity index (χ4n) is 2.08. The summed E-state index contributed by atoms with van der Waals surface area (Å²) in [5, 5.41) is 6.40. The van der Waals surface area contributed by atoms with Gasteiger partial charge in [0.1, 0.15) is 5.69 Å². The van der Waals surface area contributed by atoms with Crippen molar-refractivity contribution in [2.75, 3.05) is 19.3 Å². The van der Waals surface area contributed by atoms with Crippen LogP contribution in [0.2, 0.25) is 0 Å². The molecule has 0 radical (unpaired) electrons. The van der Waals surface area contributed by atoms with Crippen molar-refractivity contribution in [2.45, 2.75) is 19.3 Å². The third-order valence-electron chi connectivity index (χ3n) is 3.28. The minimum Gasteiger partial charge on any atom is -0.396 e. The second-order valence-electron chi connectivity index (χ2n) is 4.87. The summed E-state index contributed by atoms with van der Waals surface area (Å²) in [5.74, 6) is -0.111. The van der Waals surface area contributed by atoms with Crippen LogP contribution in [-0.2, 0) is 6.42 Å². The van der Waals surface area contributed by atoms with E-state index >= 15 is 0 Å². The van der Waals surface area contributed by atoms with Gasteiger partial charge in [0.05, 0.1) is 11.9 Å². The largest absolute Gasteiger partial charge is 0.396 e. The molecule has 2 aromatic rings. The number of anilines is 1. The van der Waals surface area contributed by atoms with Crippen LogP contribution in [0.1, 0.15) is 28.9 Å². The number of aromatic amines is 1. The van der Waals surface area contributed by atoms with E-state index in [0.29, 0.717) is 17.9 Å².